The fourth-order valence-corrected chi connectivity index (χ4v) is 2.98. The lowest BCUT2D eigenvalue weighted by Crippen LogP contribution is -2.37. The van der Waals surface area contributed by atoms with Gasteiger partial charge in [-0.1, -0.05) is 12.1 Å². The number of carbonyl (C=O) groups excluding carboxylic acids is 3. The summed E-state index contributed by atoms with van der Waals surface area (Å²) in [5.74, 6) is -0.940. The van der Waals surface area contributed by atoms with Gasteiger partial charge in [0.2, 0.25) is 5.91 Å². The average Bonchev–Trinajstić information content (AvgIpc) is 2.76. The molecule has 1 aromatic heterocycles. The van der Waals surface area contributed by atoms with Crippen LogP contribution in [-0.4, -0.2) is 34.2 Å². The van der Waals surface area contributed by atoms with E-state index in [1.165, 1.54) is 0 Å². The number of amides is 3. The largest absolute Gasteiger partial charge is 0.309 e. The van der Waals surface area contributed by atoms with Gasteiger partial charge in [-0.3, -0.25) is 19.3 Å². The topological polar surface area (TPSA) is 79.4 Å². The highest BCUT2D eigenvalue weighted by Crippen LogP contribution is 2.22. The fraction of sp³-hybridized carbons (Fsp3) is 0.125. The maximum atomic E-state index is 12.2. The van der Waals surface area contributed by atoms with Gasteiger partial charge in [-0.2, -0.15) is 0 Å². The van der Waals surface area contributed by atoms with Gasteiger partial charge in [-0.05, 0) is 53.3 Å². The Morgan fingerprint density at radius 2 is 1.83 bits per heavy atom. The van der Waals surface area contributed by atoms with Crippen LogP contribution in [0.25, 0.3) is 0 Å². The normalized spacial score (nSPS) is 13.2. The van der Waals surface area contributed by atoms with Gasteiger partial charge >= 0.3 is 0 Å². The van der Waals surface area contributed by atoms with Crippen LogP contribution in [-0.2, 0) is 4.79 Å². The number of anilines is 1. The Balaban J connectivity index is 1.74. The van der Waals surface area contributed by atoms with Crippen LogP contribution >= 0.6 is 22.6 Å². The van der Waals surface area contributed by atoms with Gasteiger partial charge < -0.3 is 5.32 Å². The monoisotopic (exact) mass is 421 g/mol. The minimum Gasteiger partial charge on any atom is -0.309 e. The van der Waals surface area contributed by atoms with E-state index in [9.17, 15) is 14.4 Å². The lowest BCUT2D eigenvalue weighted by atomic mass is 10.1. The van der Waals surface area contributed by atoms with Crippen LogP contribution < -0.4 is 5.32 Å². The van der Waals surface area contributed by atoms with Crippen molar-refractivity contribution in [2.24, 2.45) is 0 Å². The molecule has 2 aromatic rings. The number of rotatable bonds is 3. The molecule has 0 saturated carbocycles. The molecule has 0 saturated heterocycles. The number of pyridine rings is 1. The van der Waals surface area contributed by atoms with Crippen LogP contribution in [0.1, 0.15) is 26.3 Å². The number of nitrogens with zero attached hydrogens (tertiary/aromatic N) is 2. The van der Waals surface area contributed by atoms with Crippen LogP contribution in [0.4, 0.5) is 5.82 Å². The lowest BCUT2D eigenvalue weighted by Gasteiger charge is -2.14. The molecule has 0 radical (unpaired) electrons. The second-order valence-electron chi connectivity index (χ2n) is 5.11. The van der Waals surface area contributed by atoms with Gasteiger partial charge in [0.1, 0.15) is 12.4 Å². The molecule has 1 aliphatic heterocycles. The Morgan fingerprint density at radius 1 is 1.22 bits per heavy atom. The lowest BCUT2D eigenvalue weighted by molar-refractivity contribution is -0.116. The van der Waals surface area contributed by atoms with Crippen LogP contribution in [0.3, 0.4) is 0 Å². The highest BCUT2D eigenvalue weighted by Gasteiger charge is 2.36. The van der Waals surface area contributed by atoms with Crippen molar-refractivity contribution in [2.45, 2.75) is 6.92 Å². The molecule has 116 valence electrons. The van der Waals surface area contributed by atoms with Crippen LogP contribution in [0.5, 0.6) is 0 Å². The molecule has 6 nitrogen and oxygen atoms in total. The third-order valence-corrected chi connectivity index (χ3v) is 4.07. The number of imide groups is 1. The third kappa shape index (κ3) is 2.96. The summed E-state index contributed by atoms with van der Waals surface area (Å²) in [4.78, 5) is 41.7. The van der Waals surface area contributed by atoms with E-state index < -0.39 is 17.7 Å². The van der Waals surface area contributed by atoms with Crippen molar-refractivity contribution in [3.63, 3.8) is 0 Å². The molecule has 3 rings (SSSR count). The van der Waals surface area contributed by atoms with E-state index in [0.717, 1.165) is 14.0 Å². The minimum absolute atomic E-state index is 0.328. The molecule has 1 aromatic carbocycles. The number of nitrogens with one attached hydrogen (secondary N) is 1. The Labute approximate surface area is 146 Å². The van der Waals surface area contributed by atoms with Gasteiger partial charge in [0.25, 0.3) is 11.8 Å². The van der Waals surface area contributed by atoms with Gasteiger partial charge in [0.05, 0.1) is 11.1 Å². The van der Waals surface area contributed by atoms with E-state index >= 15 is 0 Å². The average molecular weight is 421 g/mol. The van der Waals surface area contributed by atoms with Gasteiger partial charge in [0, 0.05) is 9.77 Å². The summed E-state index contributed by atoms with van der Waals surface area (Å²) in [5.41, 5.74) is 1.47. The zero-order chi connectivity index (χ0) is 16.6. The number of carbonyl (C=O) groups is 3. The molecule has 0 bridgehead atoms. The summed E-state index contributed by atoms with van der Waals surface area (Å²) in [7, 11) is 0. The van der Waals surface area contributed by atoms with E-state index in [1.807, 2.05) is 13.0 Å². The van der Waals surface area contributed by atoms with Crippen molar-refractivity contribution in [1.82, 2.24) is 9.88 Å². The molecule has 0 fully saturated rings. The minimum atomic E-state index is -0.462. The Hall–Kier alpha value is -2.29. The number of hydrogen-bond acceptors (Lipinski definition) is 4. The van der Waals surface area contributed by atoms with Crippen molar-refractivity contribution in [1.29, 1.82) is 0 Å². The summed E-state index contributed by atoms with van der Waals surface area (Å²) in [6.45, 7) is 1.49. The van der Waals surface area contributed by atoms with Crippen molar-refractivity contribution in [3.8, 4) is 0 Å². The van der Waals surface area contributed by atoms with Crippen LogP contribution in [0.15, 0.2) is 36.5 Å². The number of benzene rings is 1. The van der Waals surface area contributed by atoms with Crippen LogP contribution in [0.2, 0.25) is 0 Å². The summed E-state index contributed by atoms with van der Waals surface area (Å²) in [5, 5.41) is 2.63. The first-order valence-corrected chi connectivity index (χ1v) is 7.92. The second-order valence-corrected chi connectivity index (χ2v) is 6.35. The molecule has 0 spiro atoms. The maximum Gasteiger partial charge on any atom is 0.262 e. The highest BCUT2D eigenvalue weighted by atomic mass is 127. The summed E-state index contributed by atoms with van der Waals surface area (Å²) in [6, 6.07) is 8.42. The smallest absolute Gasteiger partial charge is 0.262 e. The van der Waals surface area contributed by atoms with Crippen LogP contribution in [0, 0.1) is 10.5 Å². The van der Waals surface area contributed by atoms with Gasteiger partial charge in [-0.25, -0.2) is 4.98 Å². The Bertz CT molecular complexity index is 800. The predicted molar refractivity (Wildman–Crippen MR) is 92.1 cm³/mol. The van der Waals surface area contributed by atoms with Crippen molar-refractivity contribution < 1.29 is 14.4 Å². The summed E-state index contributed by atoms with van der Waals surface area (Å²) < 4.78 is 0.957. The molecule has 0 atom stereocenters. The Morgan fingerprint density at radius 3 is 2.39 bits per heavy atom. The molecule has 23 heavy (non-hydrogen) atoms. The summed E-state index contributed by atoms with van der Waals surface area (Å²) in [6.07, 6.45) is 1.63. The van der Waals surface area contributed by atoms with Crippen molar-refractivity contribution in [3.05, 3.63) is 56.8 Å². The van der Waals surface area contributed by atoms with Gasteiger partial charge in [0.15, 0.2) is 0 Å². The zero-order valence-electron chi connectivity index (χ0n) is 12.2. The van der Waals surface area contributed by atoms with E-state index in [4.69, 9.17) is 0 Å². The molecule has 1 aliphatic rings. The first-order valence-electron chi connectivity index (χ1n) is 6.84. The summed E-state index contributed by atoms with van der Waals surface area (Å²) >= 11 is 2.13. The molecule has 0 aliphatic carbocycles. The standard InChI is InChI=1S/C16H12IN3O3/c1-9-6-10(17)7-18-14(9)19-13(21)8-20-15(22)11-4-2-3-5-12(11)16(20)23/h2-7H,8H2,1H3,(H,18,19,21). The van der Waals surface area contributed by atoms with Crippen molar-refractivity contribution >= 4 is 46.1 Å². The second kappa shape index (κ2) is 6.07. The molecular formula is C16H12IN3O3. The van der Waals surface area contributed by atoms with Crippen molar-refractivity contribution in [2.75, 3.05) is 11.9 Å². The molecule has 1 N–H and O–H groups in total. The molecule has 0 unspecified atom stereocenters. The van der Waals surface area contributed by atoms with E-state index in [2.05, 4.69) is 32.9 Å². The van der Waals surface area contributed by atoms with E-state index in [1.54, 1.807) is 30.5 Å². The number of fused-ring (bicyclic) bond motifs is 1. The van der Waals surface area contributed by atoms with E-state index in [0.29, 0.717) is 16.9 Å². The quantitative estimate of drug-likeness (QED) is 0.609. The third-order valence-electron chi connectivity index (χ3n) is 3.48. The number of aryl methyl sites for hydroxylation is 1. The number of hydrogen-bond donors (Lipinski definition) is 1. The Kier molecular flexibility index (Phi) is 4.12. The molecule has 3 amide bonds. The molecular weight excluding hydrogens is 409 g/mol. The SMILES string of the molecule is Cc1cc(I)cnc1NC(=O)CN1C(=O)c2ccccc2C1=O. The molecule has 7 heteroatoms. The highest BCUT2D eigenvalue weighted by molar-refractivity contribution is 14.1. The molecule has 2 heterocycles. The first kappa shape index (κ1) is 15.6. The maximum absolute atomic E-state index is 12.2. The predicted octanol–water partition coefficient (Wildman–Crippen LogP) is 2.23. The van der Waals surface area contributed by atoms with Gasteiger partial charge in [-0.15, -0.1) is 0 Å². The van der Waals surface area contributed by atoms with E-state index in [-0.39, 0.29) is 6.54 Å². The first-order chi connectivity index (χ1) is 11.0. The number of aromatic nitrogens is 1. The number of halogens is 1. The fourth-order valence-electron chi connectivity index (χ4n) is 2.37. The zero-order valence-corrected chi connectivity index (χ0v) is 14.3.